The van der Waals surface area contributed by atoms with Crippen LogP contribution in [0.4, 0.5) is 4.39 Å². The minimum Gasteiger partial charge on any atom is -0.361 e. The van der Waals surface area contributed by atoms with Gasteiger partial charge in [0.2, 0.25) is 0 Å². The Kier molecular flexibility index (Phi) is 3.96. The maximum absolute atomic E-state index is 13.1. The van der Waals surface area contributed by atoms with Crippen LogP contribution in [-0.2, 0) is 6.54 Å². The predicted octanol–water partition coefficient (Wildman–Crippen LogP) is 3.37. The van der Waals surface area contributed by atoms with E-state index in [0.717, 1.165) is 5.56 Å². The molecular weight excluding hydrogens is 335 g/mol. The molecule has 130 valence electrons. The summed E-state index contributed by atoms with van der Waals surface area (Å²) in [6.07, 6.45) is 3.51. The summed E-state index contributed by atoms with van der Waals surface area (Å²) in [7, 11) is 0. The summed E-state index contributed by atoms with van der Waals surface area (Å²) in [6, 6.07) is 11.4. The predicted molar refractivity (Wildman–Crippen MR) is 93.0 cm³/mol. The standard InChI is InChI=1S/C19H15FN4O2/c1-12-8-16(23-26-12)9-21-19(25)14-4-7-18-22-17(11-24(18)10-14)13-2-5-15(20)6-3-13/h2-8,10-11H,9H2,1H3,(H,21,25). The van der Waals surface area contributed by atoms with Crippen LogP contribution in [0.1, 0.15) is 21.8 Å². The SMILES string of the molecule is Cc1cc(CNC(=O)c2ccc3nc(-c4ccc(F)cc4)cn3c2)no1. The Bertz CT molecular complexity index is 1080. The van der Waals surface area contributed by atoms with Crippen LogP contribution in [0.3, 0.4) is 0 Å². The number of aryl methyl sites for hydroxylation is 1. The molecule has 7 heteroatoms. The zero-order chi connectivity index (χ0) is 18.1. The van der Waals surface area contributed by atoms with Crippen molar-refractivity contribution in [3.05, 3.63) is 77.7 Å². The van der Waals surface area contributed by atoms with Crippen LogP contribution in [0, 0.1) is 12.7 Å². The number of aromatic nitrogens is 3. The molecule has 6 nitrogen and oxygen atoms in total. The first-order valence-electron chi connectivity index (χ1n) is 8.03. The number of rotatable bonds is 4. The highest BCUT2D eigenvalue weighted by atomic mass is 19.1. The quantitative estimate of drug-likeness (QED) is 0.612. The van der Waals surface area contributed by atoms with E-state index in [1.54, 1.807) is 54.0 Å². The summed E-state index contributed by atoms with van der Waals surface area (Å²) in [5, 5.41) is 6.64. The minimum atomic E-state index is -0.293. The minimum absolute atomic E-state index is 0.218. The number of nitrogens with zero attached hydrogens (tertiary/aromatic N) is 3. The summed E-state index contributed by atoms with van der Waals surface area (Å²) in [6.45, 7) is 2.09. The third-order valence-electron chi connectivity index (χ3n) is 3.96. The molecule has 0 aliphatic heterocycles. The number of nitrogens with one attached hydrogen (secondary N) is 1. The Morgan fingerprint density at radius 3 is 2.73 bits per heavy atom. The van der Waals surface area contributed by atoms with Gasteiger partial charge in [0, 0.05) is 24.0 Å². The molecule has 0 bridgehead atoms. The second-order valence-corrected chi connectivity index (χ2v) is 5.93. The van der Waals surface area contributed by atoms with E-state index in [2.05, 4.69) is 15.5 Å². The molecule has 0 aliphatic rings. The molecule has 0 atom stereocenters. The van der Waals surface area contributed by atoms with Crippen molar-refractivity contribution >= 4 is 11.6 Å². The fraction of sp³-hybridized carbons (Fsp3) is 0.105. The number of pyridine rings is 1. The van der Waals surface area contributed by atoms with Crippen molar-refractivity contribution in [3.63, 3.8) is 0 Å². The zero-order valence-corrected chi connectivity index (χ0v) is 13.9. The van der Waals surface area contributed by atoms with Crippen LogP contribution in [-0.4, -0.2) is 20.4 Å². The van der Waals surface area contributed by atoms with Gasteiger partial charge >= 0.3 is 0 Å². The van der Waals surface area contributed by atoms with E-state index in [9.17, 15) is 9.18 Å². The molecule has 0 saturated carbocycles. The molecule has 0 saturated heterocycles. The summed E-state index contributed by atoms with van der Waals surface area (Å²) in [5.74, 6) is 0.186. The largest absolute Gasteiger partial charge is 0.361 e. The van der Waals surface area contributed by atoms with Gasteiger partial charge in [-0.1, -0.05) is 5.16 Å². The molecule has 0 unspecified atom stereocenters. The van der Waals surface area contributed by atoms with Crippen molar-refractivity contribution < 1.29 is 13.7 Å². The number of hydrogen-bond donors (Lipinski definition) is 1. The van der Waals surface area contributed by atoms with Crippen LogP contribution in [0.15, 0.2) is 59.4 Å². The van der Waals surface area contributed by atoms with Crippen molar-refractivity contribution in [2.75, 3.05) is 0 Å². The maximum Gasteiger partial charge on any atom is 0.253 e. The van der Waals surface area contributed by atoms with Gasteiger partial charge in [-0.25, -0.2) is 9.37 Å². The fourth-order valence-electron chi connectivity index (χ4n) is 2.66. The van der Waals surface area contributed by atoms with E-state index in [0.29, 0.717) is 34.9 Å². The van der Waals surface area contributed by atoms with Crippen LogP contribution in [0.2, 0.25) is 0 Å². The van der Waals surface area contributed by atoms with Gasteiger partial charge in [0.15, 0.2) is 0 Å². The number of fused-ring (bicyclic) bond motifs is 1. The van der Waals surface area contributed by atoms with Gasteiger partial charge in [-0.2, -0.15) is 0 Å². The van der Waals surface area contributed by atoms with Gasteiger partial charge in [0.25, 0.3) is 5.91 Å². The lowest BCUT2D eigenvalue weighted by molar-refractivity contribution is 0.0949. The average molecular weight is 350 g/mol. The van der Waals surface area contributed by atoms with Gasteiger partial charge in [0.1, 0.15) is 22.9 Å². The Hall–Kier alpha value is -3.48. The monoisotopic (exact) mass is 350 g/mol. The summed E-state index contributed by atoms with van der Waals surface area (Å²) >= 11 is 0. The number of halogens is 1. The van der Waals surface area contributed by atoms with Gasteiger partial charge in [-0.3, -0.25) is 4.79 Å². The summed E-state index contributed by atoms with van der Waals surface area (Å²) < 4.78 is 19.8. The first kappa shape index (κ1) is 16.0. The van der Waals surface area contributed by atoms with Crippen molar-refractivity contribution in [1.82, 2.24) is 19.9 Å². The van der Waals surface area contributed by atoms with Crippen molar-refractivity contribution in [2.45, 2.75) is 13.5 Å². The van der Waals surface area contributed by atoms with E-state index < -0.39 is 0 Å². The third-order valence-corrected chi connectivity index (χ3v) is 3.96. The molecule has 4 aromatic rings. The number of hydrogen-bond acceptors (Lipinski definition) is 4. The van der Waals surface area contributed by atoms with Gasteiger partial charge in [-0.15, -0.1) is 0 Å². The number of carbonyl (C=O) groups excluding carboxylic acids is 1. The zero-order valence-electron chi connectivity index (χ0n) is 13.9. The Labute approximate surface area is 148 Å². The average Bonchev–Trinajstić information content (AvgIpc) is 3.25. The number of amides is 1. The molecule has 3 aromatic heterocycles. The molecule has 3 heterocycles. The molecule has 4 rings (SSSR count). The molecular formula is C19H15FN4O2. The lowest BCUT2D eigenvalue weighted by Crippen LogP contribution is -2.23. The topological polar surface area (TPSA) is 72.4 Å². The normalized spacial score (nSPS) is 11.0. The van der Waals surface area contributed by atoms with E-state index in [1.165, 1.54) is 12.1 Å². The third kappa shape index (κ3) is 3.19. The highest BCUT2D eigenvalue weighted by Gasteiger charge is 2.10. The highest BCUT2D eigenvalue weighted by molar-refractivity contribution is 5.94. The second kappa shape index (κ2) is 6.44. The van der Waals surface area contributed by atoms with E-state index in [1.807, 2.05) is 0 Å². The Morgan fingerprint density at radius 2 is 2.00 bits per heavy atom. The van der Waals surface area contributed by atoms with Crippen molar-refractivity contribution in [1.29, 1.82) is 0 Å². The first-order valence-corrected chi connectivity index (χ1v) is 8.03. The second-order valence-electron chi connectivity index (χ2n) is 5.93. The van der Waals surface area contributed by atoms with Crippen LogP contribution in [0.25, 0.3) is 16.9 Å². The van der Waals surface area contributed by atoms with Crippen molar-refractivity contribution in [3.8, 4) is 11.3 Å². The molecule has 26 heavy (non-hydrogen) atoms. The van der Waals surface area contributed by atoms with E-state index >= 15 is 0 Å². The van der Waals surface area contributed by atoms with Gasteiger partial charge < -0.3 is 14.2 Å². The molecule has 0 aliphatic carbocycles. The van der Waals surface area contributed by atoms with E-state index in [-0.39, 0.29) is 11.7 Å². The lowest BCUT2D eigenvalue weighted by Gasteiger charge is -2.03. The highest BCUT2D eigenvalue weighted by Crippen LogP contribution is 2.20. The number of imidazole rings is 1. The van der Waals surface area contributed by atoms with Crippen LogP contribution < -0.4 is 5.32 Å². The van der Waals surface area contributed by atoms with Gasteiger partial charge in [-0.05, 0) is 43.3 Å². The fourth-order valence-corrected chi connectivity index (χ4v) is 2.66. The number of benzene rings is 1. The van der Waals surface area contributed by atoms with Crippen LogP contribution >= 0.6 is 0 Å². The molecule has 1 aromatic carbocycles. The molecule has 0 radical (unpaired) electrons. The molecule has 0 fully saturated rings. The van der Waals surface area contributed by atoms with Crippen molar-refractivity contribution in [2.24, 2.45) is 0 Å². The maximum atomic E-state index is 13.1. The smallest absolute Gasteiger partial charge is 0.253 e. The summed E-state index contributed by atoms with van der Waals surface area (Å²) in [5.41, 5.74) is 3.38. The van der Waals surface area contributed by atoms with E-state index in [4.69, 9.17) is 4.52 Å². The Morgan fingerprint density at radius 1 is 1.19 bits per heavy atom. The molecule has 1 amide bonds. The lowest BCUT2D eigenvalue weighted by atomic mass is 10.2. The first-order chi connectivity index (χ1) is 12.6. The Balaban J connectivity index is 1.55. The molecule has 1 N–H and O–H groups in total. The van der Waals surface area contributed by atoms with Crippen LogP contribution in [0.5, 0.6) is 0 Å². The summed E-state index contributed by atoms with van der Waals surface area (Å²) in [4.78, 5) is 16.8. The molecule has 0 spiro atoms. The number of carbonyl (C=O) groups is 1. The van der Waals surface area contributed by atoms with Gasteiger partial charge in [0.05, 0.1) is 17.8 Å².